The van der Waals surface area contributed by atoms with Crippen molar-refractivity contribution in [3.05, 3.63) is 250 Å². The lowest BCUT2D eigenvalue weighted by molar-refractivity contribution is -0.246. The van der Waals surface area contributed by atoms with E-state index in [2.05, 4.69) is 89.3 Å². The van der Waals surface area contributed by atoms with E-state index in [4.69, 9.17) is 64.7 Å². The fourth-order valence-electron chi connectivity index (χ4n) is 18.3. The molecule has 4 aliphatic rings. The Balaban J connectivity index is 0.000000163. The third-order valence-corrected chi connectivity index (χ3v) is 26.8. The number of hydrogen-bond acceptors (Lipinski definition) is 21. The molecule has 0 aliphatic carbocycles. The highest BCUT2D eigenvalue weighted by Crippen LogP contribution is 2.45. The minimum absolute atomic E-state index is 0.0258. The predicted octanol–water partition coefficient (Wildman–Crippen LogP) is 18.3. The number of rotatable bonds is 19. The minimum Gasteiger partial charge on any atom is -0.530 e. The molecule has 0 radical (unpaired) electrons. The van der Waals surface area contributed by atoms with Crippen LogP contribution in [0.25, 0.3) is 83.9 Å². The van der Waals surface area contributed by atoms with Crippen molar-refractivity contribution in [3.63, 3.8) is 0 Å². The molecular formula is C102H111BrCl3F2N20O8-. The van der Waals surface area contributed by atoms with Crippen LogP contribution >= 0.6 is 50.7 Å². The summed E-state index contributed by atoms with van der Waals surface area (Å²) in [5.74, 6) is 0.675. The molecular weight excluding hydrogens is 1860 g/mol. The van der Waals surface area contributed by atoms with E-state index in [9.17, 15) is 38.7 Å². The van der Waals surface area contributed by atoms with Gasteiger partial charge in [0.15, 0.2) is 16.9 Å². The first-order valence-electron chi connectivity index (χ1n) is 45.6. The first-order chi connectivity index (χ1) is 64.6. The maximum Gasteiger partial charge on any atom is 0.355 e. The van der Waals surface area contributed by atoms with Crippen LogP contribution in [-0.2, 0) is 14.4 Å². The number of amides is 4. The second kappa shape index (κ2) is 40.7. The first kappa shape index (κ1) is 99.3. The molecule has 0 spiro atoms. The molecule has 0 bridgehead atoms. The SMILES string of the molecule is C=CC(=O)N1CC(C)N(c2nc(=O)n(-c3c(C(C)C)cc(Br)nc3C(C)C)c3nc(-c4ccccc4F)c(Cl)cc23)CC1C.C=CC(=O)N1CC(C)N(c2nc(=O)n(-c3c(C(C)C)cc(N4CCC4)nc3C(C)C)c3nc(-c4ccccc4F)c(Cl)cc23)CC1C.C=CC(=O)N1CC(C)N(c2nc(=O)n(-c3c(C)ccnc3C(C)C)c3nc(-c4ccccc4N(C)C(=O)[O-])c(Cl)cc23)CC1C. The minimum atomic E-state index is -1.40. The molecule has 4 amide bonds. The van der Waals surface area contributed by atoms with Gasteiger partial charge in [0.05, 0.1) is 88.1 Å². The molecule has 4 aliphatic heterocycles. The van der Waals surface area contributed by atoms with Gasteiger partial charge in [-0.25, -0.2) is 61.8 Å². The molecule has 6 unspecified atom stereocenters. The average Bonchev–Trinajstić information content (AvgIpc) is 0.740. The molecule has 136 heavy (non-hydrogen) atoms. The molecule has 13 heterocycles. The Morgan fingerprint density at radius 1 is 0.456 bits per heavy atom. The van der Waals surface area contributed by atoms with Crippen LogP contribution in [0.4, 0.5) is 42.5 Å². The van der Waals surface area contributed by atoms with Crippen molar-refractivity contribution in [3.8, 4) is 50.8 Å². The number of anilines is 5. The number of nitrogens with zero attached hydrogens (tertiary/aromatic N) is 20. The van der Waals surface area contributed by atoms with Crippen molar-refractivity contribution in [1.29, 1.82) is 0 Å². The summed E-state index contributed by atoms with van der Waals surface area (Å²) < 4.78 is 35.5. The zero-order chi connectivity index (χ0) is 98.5. The molecule has 0 N–H and O–H groups in total. The number of aromatic nitrogens is 12. The largest absolute Gasteiger partial charge is 0.530 e. The van der Waals surface area contributed by atoms with Crippen molar-refractivity contribution in [2.24, 2.45) is 0 Å². The van der Waals surface area contributed by atoms with E-state index < -0.39 is 34.8 Å². The fourth-order valence-corrected chi connectivity index (χ4v) is 19.5. The smallest absolute Gasteiger partial charge is 0.355 e. The lowest BCUT2D eigenvalue weighted by atomic mass is 9.96. The van der Waals surface area contributed by atoms with E-state index in [0.29, 0.717) is 128 Å². The highest BCUT2D eigenvalue weighted by molar-refractivity contribution is 9.10. The van der Waals surface area contributed by atoms with Gasteiger partial charge in [0.1, 0.15) is 45.6 Å². The second-order valence-corrected chi connectivity index (χ2v) is 38.7. The van der Waals surface area contributed by atoms with Gasteiger partial charge in [-0.1, -0.05) is 166 Å². The molecule has 16 rings (SSSR count). The van der Waals surface area contributed by atoms with Crippen molar-refractivity contribution < 1.29 is 33.1 Å². The van der Waals surface area contributed by atoms with Gasteiger partial charge >= 0.3 is 17.1 Å². The Hall–Kier alpha value is -12.7. The van der Waals surface area contributed by atoms with Crippen LogP contribution in [0, 0.1) is 18.6 Å². The van der Waals surface area contributed by atoms with Gasteiger partial charge in [-0.3, -0.25) is 19.4 Å². The summed E-state index contributed by atoms with van der Waals surface area (Å²) in [6.07, 6.45) is 5.36. The van der Waals surface area contributed by atoms with Gasteiger partial charge < -0.3 is 49.1 Å². The number of para-hydroxylation sites is 1. The Kier molecular flexibility index (Phi) is 29.7. The maximum atomic E-state index is 15.2. The molecule has 6 atom stereocenters. The lowest BCUT2D eigenvalue weighted by Crippen LogP contribution is -2.58. The van der Waals surface area contributed by atoms with Crippen molar-refractivity contribution in [2.45, 2.75) is 190 Å². The fraction of sp³-hybridized carbons (Fsp3) is 0.373. The van der Waals surface area contributed by atoms with Crippen LogP contribution in [0.2, 0.25) is 15.1 Å². The Morgan fingerprint density at radius 3 is 1.16 bits per heavy atom. The first-order valence-corrected chi connectivity index (χ1v) is 47.5. The van der Waals surface area contributed by atoms with Gasteiger partial charge in [-0.05, 0) is 202 Å². The summed E-state index contributed by atoms with van der Waals surface area (Å²) in [5.41, 5.74) is 7.84. The second-order valence-electron chi connectivity index (χ2n) is 36.7. The third-order valence-electron chi connectivity index (χ3n) is 25.5. The van der Waals surface area contributed by atoms with E-state index in [1.54, 1.807) is 104 Å². The molecule has 34 heteroatoms. The van der Waals surface area contributed by atoms with Crippen molar-refractivity contribution in [1.82, 2.24) is 73.3 Å². The average molecular weight is 1970 g/mol. The van der Waals surface area contributed by atoms with Gasteiger partial charge in [0, 0.05) is 119 Å². The van der Waals surface area contributed by atoms with Crippen LogP contribution in [0.5, 0.6) is 0 Å². The van der Waals surface area contributed by atoms with Crippen LogP contribution in [0.15, 0.2) is 172 Å². The van der Waals surface area contributed by atoms with Gasteiger partial charge in [-0.2, -0.15) is 15.0 Å². The van der Waals surface area contributed by atoms with Gasteiger partial charge in [-0.15, -0.1) is 0 Å². The molecule has 710 valence electrons. The Bertz CT molecular complexity index is 6910. The molecule has 3 aromatic carbocycles. The lowest BCUT2D eigenvalue weighted by Gasteiger charge is -2.44. The zero-order valence-corrected chi connectivity index (χ0v) is 83.4. The molecule has 0 saturated carbocycles. The quantitative estimate of drug-likeness (QED) is 0.0536. The molecule has 4 fully saturated rings. The summed E-state index contributed by atoms with van der Waals surface area (Å²) >= 11 is 24.3. The molecule has 4 saturated heterocycles. The summed E-state index contributed by atoms with van der Waals surface area (Å²) in [5, 5.41) is 14.1. The number of pyridine rings is 6. The number of carboxylic acid groups (broad SMARTS) is 1. The summed E-state index contributed by atoms with van der Waals surface area (Å²) in [7, 11) is 1.38. The number of carbonyl (C=O) groups excluding carboxylic acids is 4. The van der Waals surface area contributed by atoms with E-state index >= 15 is 8.78 Å². The van der Waals surface area contributed by atoms with Crippen molar-refractivity contribution in [2.75, 3.05) is 83.9 Å². The Morgan fingerprint density at radius 2 is 0.809 bits per heavy atom. The molecule has 28 nitrogen and oxygen atoms in total. The van der Waals surface area contributed by atoms with Crippen LogP contribution in [0.1, 0.15) is 181 Å². The normalized spacial score (nSPS) is 17.4. The van der Waals surface area contributed by atoms with E-state index in [0.717, 1.165) is 52.6 Å². The number of halogens is 6. The zero-order valence-electron chi connectivity index (χ0n) is 79.5. The van der Waals surface area contributed by atoms with E-state index in [1.165, 1.54) is 46.5 Å². The molecule has 12 aromatic rings. The number of benzene rings is 3. The number of aryl methyl sites for hydroxylation is 1. The topological polar surface area (TPSA) is 299 Å². The van der Waals surface area contributed by atoms with Gasteiger partial charge in [0.2, 0.25) is 17.7 Å². The monoisotopic (exact) mass is 1970 g/mol. The number of carbonyl (C=O) groups is 4. The van der Waals surface area contributed by atoms with E-state index in [-0.39, 0.29) is 132 Å². The number of hydrogen-bond donors (Lipinski definition) is 0. The number of fused-ring (bicyclic) bond motifs is 3. The maximum absolute atomic E-state index is 15.2. The Labute approximate surface area is 812 Å². The highest BCUT2D eigenvalue weighted by Gasteiger charge is 2.40. The van der Waals surface area contributed by atoms with Crippen LogP contribution < -0.4 is 46.7 Å². The third kappa shape index (κ3) is 19.2. The van der Waals surface area contributed by atoms with Crippen molar-refractivity contribution >= 4 is 137 Å². The predicted molar refractivity (Wildman–Crippen MR) is 538 cm³/mol. The van der Waals surface area contributed by atoms with E-state index in [1.807, 2.05) is 117 Å². The standard InChI is InChI=1S/C36H41ClFN7O2.C33H35BrClFN6O2.C33H36ClN7O4/c1-8-30(46)43-18-23(7)44(19-22(43)6)34-26-16-27(37)32(24-12-9-10-13-28(24)38)40-35(26)45(36(47)41-34)33-25(20(2)3)17-29(42-14-11-15-42)39-31(33)21(4)5;1-8-27(43)40-15-20(7)41(16-19(40)6)31-23-13-24(35)29(21-11-9-10-12-25(21)36)38-32(23)42(33(44)39-31)30-22(17(2)3)14-26(34)37-28(30)18(4)5;1-8-26(42)39-16-21(6)40(17-20(39)5)30-23-15-24(34)28(22-11-9-10-12-25(22)38(7)33(44)45)36-31(23)41(32(43)37-30)29-19(4)13-14-35-27(29)18(2)3/h8-10,12-13,16-17,20-23H,1,11,14-15,18-19H2,2-7H3;8-14,17-20H,1,15-16H2,2-7H3;8-15,18,20-21H,1,16-17H2,2-7H3,(H,44,45)/p-1. The van der Waals surface area contributed by atoms with Gasteiger partial charge in [0.25, 0.3) is 0 Å². The summed E-state index contributed by atoms with van der Waals surface area (Å²) in [6, 6.07) is 29.3. The summed E-state index contributed by atoms with van der Waals surface area (Å²) in [6.45, 7) is 49.4. The summed E-state index contributed by atoms with van der Waals surface area (Å²) in [4.78, 5) is 150. The van der Waals surface area contributed by atoms with Crippen LogP contribution in [0.3, 0.4) is 0 Å². The highest BCUT2D eigenvalue weighted by atomic mass is 79.9. The van der Waals surface area contributed by atoms with Crippen LogP contribution in [-0.4, -0.2) is 193 Å². The number of piperazine rings is 3. The molecule has 9 aromatic heterocycles.